The zero-order valence-electron chi connectivity index (χ0n) is 12.0. The Labute approximate surface area is 129 Å². The Morgan fingerprint density at radius 2 is 1.95 bits per heavy atom. The first-order valence-electron chi connectivity index (χ1n) is 7.13. The monoisotopic (exact) mass is 319 g/mol. The summed E-state index contributed by atoms with van der Waals surface area (Å²) in [5, 5.41) is 5.84. The molecule has 22 heavy (non-hydrogen) atoms. The van der Waals surface area contributed by atoms with E-state index in [1.807, 2.05) is 30.3 Å². The van der Waals surface area contributed by atoms with Crippen LogP contribution in [-0.2, 0) is 9.84 Å². The predicted octanol–water partition coefficient (Wildman–Crippen LogP) is 1.41. The van der Waals surface area contributed by atoms with Gasteiger partial charge in [0.1, 0.15) is 5.69 Å². The fraction of sp³-hybridized carbons (Fsp3) is 0.333. The van der Waals surface area contributed by atoms with Crippen LogP contribution in [0, 0.1) is 0 Å². The number of carbonyl (C=O) groups is 1. The molecule has 1 fully saturated rings. The van der Waals surface area contributed by atoms with Gasteiger partial charge in [0, 0.05) is 19.3 Å². The summed E-state index contributed by atoms with van der Waals surface area (Å²) in [6.45, 7) is 0.625. The van der Waals surface area contributed by atoms with E-state index in [0.717, 1.165) is 5.56 Å². The molecule has 116 valence electrons. The van der Waals surface area contributed by atoms with Gasteiger partial charge in [-0.2, -0.15) is 5.10 Å². The number of amides is 1. The molecule has 1 amide bonds. The minimum absolute atomic E-state index is 0.0214. The molecule has 0 saturated carbocycles. The normalized spacial score (nSPS) is 21.3. The highest BCUT2D eigenvalue weighted by atomic mass is 32.2. The number of aromatic nitrogens is 2. The summed E-state index contributed by atoms with van der Waals surface area (Å²) in [7, 11) is -3.27. The van der Waals surface area contributed by atoms with Crippen LogP contribution >= 0.6 is 0 Å². The van der Waals surface area contributed by atoms with E-state index < -0.39 is 15.1 Å². The van der Waals surface area contributed by atoms with E-state index in [0.29, 0.717) is 18.7 Å². The zero-order chi connectivity index (χ0) is 15.6. The van der Waals surface area contributed by atoms with Crippen molar-refractivity contribution >= 4 is 15.7 Å². The SMILES string of the molecule is O=C(c1ccn[nH]1)N1CC[C@@H](c2ccccc2)S(=O)(=O)CC1. The van der Waals surface area contributed by atoms with Crippen LogP contribution in [0.4, 0.5) is 0 Å². The van der Waals surface area contributed by atoms with Gasteiger partial charge in [0.25, 0.3) is 5.91 Å². The molecule has 1 aliphatic heterocycles. The van der Waals surface area contributed by atoms with Crippen LogP contribution in [-0.4, -0.2) is 48.3 Å². The smallest absolute Gasteiger partial charge is 0.271 e. The van der Waals surface area contributed by atoms with Crippen molar-refractivity contribution in [3.8, 4) is 0 Å². The van der Waals surface area contributed by atoms with Crippen molar-refractivity contribution < 1.29 is 13.2 Å². The lowest BCUT2D eigenvalue weighted by Gasteiger charge is -2.19. The highest BCUT2D eigenvalue weighted by molar-refractivity contribution is 7.91. The number of nitrogens with one attached hydrogen (secondary N) is 1. The van der Waals surface area contributed by atoms with Gasteiger partial charge in [0.15, 0.2) is 9.84 Å². The van der Waals surface area contributed by atoms with Crippen molar-refractivity contribution in [2.75, 3.05) is 18.8 Å². The summed E-state index contributed by atoms with van der Waals surface area (Å²) in [5.74, 6) is -0.228. The maximum absolute atomic E-state index is 12.5. The maximum Gasteiger partial charge on any atom is 0.271 e. The van der Waals surface area contributed by atoms with Crippen molar-refractivity contribution in [3.63, 3.8) is 0 Å². The van der Waals surface area contributed by atoms with Crippen molar-refractivity contribution in [2.45, 2.75) is 11.7 Å². The summed E-state index contributed by atoms with van der Waals surface area (Å²) in [6, 6.07) is 10.8. The molecule has 2 heterocycles. The van der Waals surface area contributed by atoms with Crippen LogP contribution in [0.15, 0.2) is 42.6 Å². The Hall–Kier alpha value is -2.15. The highest BCUT2D eigenvalue weighted by Crippen LogP contribution is 2.29. The van der Waals surface area contributed by atoms with E-state index in [1.54, 1.807) is 11.0 Å². The van der Waals surface area contributed by atoms with Gasteiger partial charge in [-0.3, -0.25) is 9.89 Å². The van der Waals surface area contributed by atoms with E-state index >= 15 is 0 Å². The lowest BCUT2D eigenvalue weighted by atomic mass is 10.1. The van der Waals surface area contributed by atoms with Gasteiger partial charge >= 0.3 is 0 Å². The topological polar surface area (TPSA) is 83.1 Å². The number of carbonyl (C=O) groups excluding carboxylic acids is 1. The Bertz CT molecular complexity index is 742. The number of hydrogen-bond acceptors (Lipinski definition) is 4. The average molecular weight is 319 g/mol. The molecular weight excluding hydrogens is 302 g/mol. The van der Waals surface area contributed by atoms with Crippen molar-refractivity contribution in [1.82, 2.24) is 15.1 Å². The third kappa shape index (κ3) is 2.89. The van der Waals surface area contributed by atoms with Crippen LogP contribution < -0.4 is 0 Å². The quantitative estimate of drug-likeness (QED) is 0.907. The molecule has 0 spiro atoms. The number of rotatable bonds is 2. The number of sulfone groups is 1. The Morgan fingerprint density at radius 3 is 2.64 bits per heavy atom. The van der Waals surface area contributed by atoms with Crippen LogP contribution in [0.3, 0.4) is 0 Å². The molecule has 3 rings (SSSR count). The molecule has 1 saturated heterocycles. The lowest BCUT2D eigenvalue weighted by molar-refractivity contribution is 0.0760. The van der Waals surface area contributed by atoms with Crippen LogP contribution in [0.2, 0.25) is 0 Å². The van der Waals surface area contributed by atoms with Gasteiger partial charge in [0.2, 0.25) is 0 Å². The molecule has 2 aromatic rings. The number of H-pyrrole nitrogens is 1. The Kier molecular flexibility index (Phi) is 3.98. The Morgan fingerprint density at radius 1 is 1.18 bits per heavy atom. The standard InChI is InChI=1S/C15H17N3O3S/c19-15(13-6-8-16-17-13)18-9-7-14(22(20,21)11-10-18)12-4-2-1-3-5-12/h1-6,8,14H,7,9-11H2,(H,16,17)/t14-/m0/s1. The van der Waals surface area contributed by atoms with E-state index in [2.05, 4.69) is 10.2 Å². The molecule has 1 N–H and O–H groups in total. The van der Waals surface area contributed by atoms with E-state index in [9.17, 15) is 13.2 Å². The molecule has 1 atom stereocenters. The second-order valence-electron chi connectivity index (χ2n) is 5.32. The predicted molar refractivity (Wildman–Crippen MR) is 82.1 cm³/mol. The summed E-state index contributed by atoms with van der Waals surface area (Å²) in [6.07, 6.45) is 1.92. The fourth-order valence-corrected chi connectivity index (χ4v) is 4.53. The summed E-state index contributed by atoms with van der Waals surface area (Å²) >= 11 is 0. The molecule has 1 aromatic carbocycles. The van der Waals surface area contributed by atoms with Gasteiger partial charge in [0.05, 0.1) is 11.0 Å². The van der Waals surface area contributed by atoms with Gasteiger partial charge < -0.3 is 4.90 Å². The molecule has 0 aliphatic carbocycles. The number of benzene rings is 1. The second kappa shape index (κ2) is 5.92. The number of nitrogens with zero attached hydrogens (tertiary/aromatic N) is 2. The molecule has 7 heteroatoms. The highest BCUT2D eigenvalue weighted by Gasteiger charge is 2.32. The minimum atomic E-state index is -3.27. The van der Waals surface area contributed by atoms with Crippen LogP contribution in [0.5, 0.6) is 0 Å². The molecule has 1 aliphatic rings. The molecule has 0 radical (unpaired) electrons. The van der Waals surface area contributed by atoms with Gasteiger partial charge in [-0.1, -0.05) is 30.3 Å². The van der Waals surface area contributed by atoms with Gasteiger partial charge in [-0.25, -0.2) is 8.42 Å². The molecule has 6 nitrogen and oxygen atoms in total. The largest absolute Gasteiger partial charge is 0.336 e. The first-order chi connectivity index (χ1) is 10.6. The Balaban J connectivity index is 1.82. The number of hydrogen-bond donors (Lipinski definition) is 1. The lowest BCUT2D eigenvalue weighted by Crippen LogP contribution is -2.33. The van der Waals surface area contributed by atoms with Gasteiger partial charge in [-0.05, 0) is 18.1 Å². The van der Waals surface area contributed by atoms with Crippen LogP contribution in [0.1, 0.15) is 27.7 Å². The summed E-state index contributed by atoms with van der Waals surface area (Å²) in [5.41, 5.74) is 1.17. The molecular formula is C15H17N3O3S. The average Bonchev–Trinajstić information content (AvgIpc) is 3.00. The molecule has 1 aromatic heterocycles. The van der Waals surface area contributed by atoms with Crippen molar-refractivity contribution in [2.24, 2.45) is 0 Å². The second-order valence-corrected chi connectivity index (χ2v) is 7.62. The van der Waals surface area contributed by atoms with Crippen molar-refractivity contribution in [3.05, 3.63) is 53.9 Å². The van der Waals surface area contributed by atoms with E-state index in [1.165, 1.54) is 6.20 Å². The first-order valence-corrected chi connectivity index (χ1v) is 8.84. The zero-order valence-corrected chi connectivity index (χ0v) is 12.8. The summed E-state index contributed by atoms with van der Waals surface area (Å²) < 4.78 is 25.0. The minimum Gasteiger partial charge on any atom is -0.336 e. The van der Waals surface area contributed by atoms with Crippen molar-refractivity contribution in [1.29, 1.82) is 0 Å². The van der Waals surface area contributed by atoms with E-state index in [4.69, 9.17) is 0 Å². The molecule has 0 bridgehead atoms. The summed E-state index contributed by atoms with van der Waals surface area (Å²) in [4.78, 5) is 13.9. The van der Waals surface area contributed by atoms with E-state index in [-0.39, 0.29) is 18.2 Å². The third-order valence-electron chi connectivity index (χ3n) is 3.93. The molecule has 0 unspecified atom stereocenters. The maximum atomic E-state index is 12.5. The first kappa shape index (κ1) is 14.8. The number of aromatic amines is 1. The third-order valence-corrected chi connectivity index (χ3v) is 6.06. The van der Waals surface area contributed by atoms with Gasteiger partial charge in [-0.15, -0.1) is 0 Å². The fourth-order valence-electron chi connectivity index (χ4n) is 2.73. The van der Waals surface area contributed by atoms with Crippen LogP contribution in [0.25, 0.3) is 0 Å².